The highest BCUT2D eigenvalue weighted by Crippen LogP contribution is 2.10. The van der Waals surface area contributed by atoms with E-state index in [9.17, 15) is 4.79 Å². The molecule has 96 valence electrons. The van der Waals surface area contributed by atoms with Crippen molar-refractivity contribution in [2.75, 3.05) is 32.7 Å². The van der Waals surface area contributed by atoms with Crippen molar-refractivity contribution >= 4 is 5.91 Å². The maximum Gasteiger partial charge on any atom is 0.235 e. The molecule has 1 rings (SSSR count). The first kappa shape index (κ1) is 13.9. The molecule has 0 aromatic rings. The van der Waals surface area contributed by atoms with E-state index >= 15 is 0 Å². The van der Waals surface area contributed by atoms with E-state index in [1.165, 1.54) is 6.42 Å². The fraction of sp³-hybridized carbons (Fsp3) is 0.833. The average molecular weight is 238 g/mol. The average Bonchev–Trinajstić information content (AvgIpc) is 2.37. The molecule has 2 N–H and O–H groups in total. The van der Waals surface area contributed by atoms with Crippen LogP contribution < -0.4 is 10.6 Å². The van der Waals surface area contributed by atoms with Crippen molar-refractivity contribution in [2.45, 2.75) is 32.2 Å². The zero-order chi connectivity index (χ0) is 12.5. The molecule has 0 radical (unpaired) electrons. The molecule has 1 aliphatic heterocycles. The Morgan fingerprint density at radius 2 is 2.47 bits per heavy atom. The summed E-state index contributed by atoms with van der Waals surface area (Å²) >= 11 is 0. The highest BCUT2D eigenvalue weighted by molar-refractivity contribution is 5.78. The minimum atomic E-state index is -0.0504. The third kappa shape index (κ3) is 5.16. The van der Waals surface area contributed by atoms with Gasteiger partial charge in [0.05, 0.1) is 12.6 Å². The van der Waals surface area contributed by atoms with Crippen LogP contribution in [0.25, 0.3) is 0 Å². The second-order valence-corrected chi connectivity index (χ2v) is 4.41. The van der Waals surface area contributed by atoms with E-state index in [2.05, 4.69) is 22.5 Å². The summed E-state index contributed by atoms with van der Waals surface area (Å²) < 4.78 is 0. The van der Waals surface area contributed by atoms with Gasteiger partial charge in [-0.25, -0.2) is 0 Å². The van der Waals surface area contributed by atoms with Crippen molar-refractivity contribution in [1.29, 1.82) is 5.26 Å². The zero-order valence-electron chi connectivity index (χ0n) is 10.5. The first-order valence-electron chi connectivity index (χ1n) is 6.36. The van der Waals surface area contributed by atoms with Crippen molar-refractivity contribution in [3.05, 3.63) is 0 Å². The first-order chi connectivity index (χ1) is 8.27. The zero-order valence-corrected chi connectivity index (χ0v) is 10.5. The SMILES string of the molecule is CCCN(CC(=O)NCC#N)C1CCCNC1. The predicted molar refractivity (Wildman–Crippen MR) is 66.4 cm³/mol. The summed E-state index contributed by atoms with van der Waals surface area (Å²) in [5.41, 5.74) is 0. The Morgan fingerprint density at radius 3 is 3.06 bits per heavy atom. The summed E-state index contributed by atoms with van der Waals surface area (Å²) in [5, 5.41) is 14.4. The number of carbonyl (C=O) groups is 1. The van der Waals surface area contributed by atoms with Crippen LogP contribution in [0.2, 0.25) is 0 Å². The molecule has 1 heterocycles. The molecule has 1 fully saturated rings. The van der Waals surface area contributed by atoms with Gasteiger partial charge < -0.3 is 10.6 Å². The summed E-state index contributed by atoms with van der Waals surface area (Å²) in [7, 11) is 0. The summed E-state index contributed by atoms with van der Waals surface area (Å²) in [4.78, 5) is 13.8. The number of hydrogen-bond acceptors (Lipinski definition) is 4. The number of nitriles is 1. The first-order valence-corrected chi connectivity index (χ1v) is 6.36. The van der Waals surface area contributed by atoms with E-state index in [0.717, 1.165) is 32.5 Å². The van der Waals surface area contributed by atoms with Crippen LogP contribution in [0.1, 0.15) is 26.2 Å². The van der Waals surface area contributed by atoms with Gasteiger partial charge in [0.2, 0.25) is 5.91 Å². The number of piperidine rings is 1. The minimum Gasteiger partial charge on any atom is -0.342 e. The molecule has 0 spiro atoms. The van der Waals surface area contributed by atoms with E-state index in [-0.39, 0.29) is 12.5 Å². The summed E-state index contributed by atoms with van der Waals surface area (Å²) in [6, 6.07) is 2.38. The second-order valence-electron chi connectivity index (χ2n) is 4.41. The van der Waals surface area contributed by atoms with E-state index in [0.29, 0.717) is 12.6 Å². The Balaban J connectivity index is 2.41. The summed E-state index contributed by atoms with van der Waals surface area (Å²) in [6.07, 6.45) is 3.37. The van der Waals surface area contributed by atoms with Gasteiger partial charge in [-0.3, -0.25) is 9.69 Å². The Kier molecular flexibility index (Phi) is 6.60. The molecule has 1 saturated heterocycles. The molecular weight excluding hydrogens is 216 g/mol. The van der Waals surface area contributed by atoms with Gasteiger partial charge >= 0.3 is 0 Å². The molecule has 1 amide bonds. The Hall–Kier alpha value is -1.12. The lowest BCUT2D eigenvalue weighted by molar-refractivity contribution is -0.122. The van der Waals surface area contributed by atoms with E-state index in [1.807, 2.05) is 6.07 Å². The molecule has 1 atom stereocenters. The van der Waals surface area contributed by atoms with Crippen molar-refractivity contribution in [2.24, 2.45) is 0 Å². The Labute approximate surface area is 103 Å². The molecule has 0 saturated carbocycles. The number of rotatable bonds is 6. The quantitative estimate of drug-likeness (QED) is 0.644. The highest BCUT2D eigenvalue weighted by Gasteiger charge is 2.21. The topological polar surface area (TPSA) is 68.2 Å². The fourth-order valence-corrected chi connectivity index (χ4v) is 2.20. The van der Waals surface area contributed by atoms with Gasteiger partial charge in [-0.05, 0) is 32.4 Å². The van der Waals surface area contributed by atoms with Gasteiger partial charge in [0.1, 0.15) is 6.54 Å². The molecule has 0 aliphatic carbocycles. The lowest BCUT2D eigenvalue weighted by Crippen LogP contribution is -2.49. The van der Waals surface area contributed by atoms with E-state index < -0.39 is 0 Å². The van der Waals surface area contributed by atoms with Crippen molar-refractivity contribution < 1.29 is 4.79 Å². The van der Waals surface area contributed by atoms with Gasteiger partial charge in [-0.15, -0.1) is 0 Å². The Morgan fingerprint density at radius 1 is 1.65 bits per heavy atom. The molecule has 1 aliphatic rings. The Bertz CT molecular complexity index is 268. The largest absolute Gasteiger partial charge is 0.342 e. The van der Waals surface area contributed by atoms with Crippen LogP contribution in [0.3, 0.4) is 0 Å². The third-order valence-corrected chi connectivity index (χ3v) is 3.01. The van der Waals surface area contributed by atoms with Crippen LogP contribution in [0.4, 0.5) is 0 Å². The number of carbonyl (C=O) groups excluding carboxylic acids is 1. The number of nitrogens with one attached hydrogen (secondary N) is 2. The van der Waals surface area contributed by atoms with Crippen LogP contribution >= 0.6 is 0 Å². The second kappa shape index (κ2) is 8.04. The number of nitrogens with zero attached hydrogens (tertiary/aromatic N) is 2. The molecular formula is C12H22N4O. The highest BCUT2D eigenvalue weighted by atomic mass is 16.2. The molecule has 17 heavy (non-hydrogen) atoms. The number of hydrogen-bond donors (Lipinski definition) is 2. The molecule has 5 heteroatoms. The van der Waals surface area contributed by atoms with Gasteiger partial charge in [0.25, 0.3) is 0 Å². The maximum absolute atomic E-state index is 11.6. The van der Waals surface area contributed by atoms with Crippen molar-refractivity contribution in [3.63, 3.8) is 0 Å². The molecule has 5 nitrogen and oxygen atoms in total. The lowest BCUT2D eigenvalue weighted by atomic mass is 10.1. The maximum atomic E-state index is 11.6. The van der Waals surface area contributed by atoms with E-state index in [4.69, 9.17) is 5.26 Å². The molecule has 0 aromatic carbocycles. The standard InChI is InChI=1S/C12H22N4O/c1-2-8-16(10-12(17)15-7-5-13)11-4-3-6-14-9-11/h11,14H,2-4,6-10H2,1H3,(H,15,17). The van der Waals surface area contributed by atoms with Crippen LogP contribution in [0.5, 0.6) is 0 Å². The predicted octanol–water partition coefficient (Wildman–Crippen LogP) is 0.0902. The summed E-state index contributed by atoms with van der Waals surface area (Å²) in [5.74, 6) is -0.0504. The van der Waals surface area contributed by atoms with Gasteiger partial charge in [0.15, 0.2) is 0 Å². The third-order valence-electron chi connectivity index (χ3n) is 3.01. The van der Waals surface area contributed by atoms with Gasteiger partial charge in [0, 0.05) is 12.6 Å². The molecule has 0 bridgehead atoms. The smallest absolute Gasteiger partial charge is 0.235 e. The summed E-state index contributed by atoms with van der Waals surface area (Å²) in [6.45, 7) is 5.61. The van der Waals surface area contributed by atoms with Crippen LogP contribution in [0, 0.1) is 11.3 Å². The van der Waals surface area contributed by atoms with Crippen molar-refractivity contribution in [3.8, 4) is 6.07 Å². The monoisotopic (exact) mass is 238 g/mol. The van der Waals surface area contributed by atoms with Crippen LogP contribution in [0.15, 0.2) is 0 Å². The normalized spacial score (nSPS) is 19.9. The fourth-order valence-electron chi connectivity index (χ4n) is 2.20. The number of amides is 1. The van der Waals surface area contributed by atoms with Crippen molar-refractivity contribution in [1.82, 2.24) is 15.5 Å². The van der Waals surface area contributed by atoms with Gasteiger partial charge in [-0.1, -0.05) is 6.92 Å². The lowest BCUT2D eigenvalue weighted by Gasteiger charge is -2.33. The van der Waals surface area contributed by atoms with E-state index in [1.54, 1.807) is 0 Å². The van der Waals surface area contributed by atoms with Crippen LogP contribution in [-0.2, 0) is 4.79 Å². The minimum absolute atomic E-state index is 0.0504. The van der Waals surface area contributed by atoms with Crippen LogP contribution in [-0.4, -0.2) is 49.6 Å². The van der Waals surface area contributed by atoms with Gasteiger partial charge in [-0.2, -0.15) is 5.26 Å². The molecule has 1 unspecified atom stereocenters. The molecule has 0 aromatic heterocycles.